The summed E-state index contributed by atoms with van der Waals surface area (Å²) in [5, 5.41) is 2.67. The second kappa shape index (κ2) is 8.98. The fraction of sp³-hybridized carbons (Fsp3) is 0.179. The van der Waals surface area contributed by atoms with Crippen LogP contribution in [0.4, 0.5) is 10.6 Å². The van der Waals surface area contributed by atoms with Crippen molar-refractivity contribution >= 4 is 18.2 Å². The predicted molar refractivity (Wildman–Crippen MR) is 129 cm³/mol. The quantitative estimate of drug-likeness (QED) is 0.322. The number of carbonyl (C=O) groups excluding carboxylic acids is 2. The summed E-state index contributed by atoms with van der Waals surface area (Å²) in [7, 11) is 0. The number of aldehydes is 1. The van der Waals surface area contributed by atoms with Crippen LogP contribution in [0.3, 0.4) is 0 Å². The van der Waals surface area contributed by atoms with Gasteiger partial charge >= 0.3 is 6.09 Å². The molecule has 1 heterocycles. The molecule has 1 aliphatic rings. The number of aromatic nitrogens is 1. The van der Waals surface area contributed by atoms with Gasteiger partial charge in [-0.2, -0.15) is 4.98 Å². The molecule has 0 unspecified atom stereocenters. The summed E-state index contributed by atoms with van der Waals surface area (Å²) in [6.45, 7) is 1.81. The number of anilines is 1. The number of carbonyl (C=O) groups is 2. The van der Waals surface area contributed by atoms with Crippen molar-refractivity contribution in [1.29, 1.82) is 0 Å². The van der Waals surface area contributed by atoms with Crippen molar-refractivity contribution in [2.75, 3.05) is 5.32 Å². The summed E-state index contributed by atoms with van der Waals surface area (Å²) >= 11 is 0. The van der Waals surface area contributed by atoms with E-state index in [2.05, 4.69) is 10.3 Å². The van der Waals surface area contributed by atoms with Crippen LogP contribution in [0.25, 0.3) is 22.5 Å². The zero-order valence-corrected chi connectivity index (χ0v) is 18.7. The molecule has 0 aliphatic heterocycles. The third kappa shape index (κ3) is 4.35. The van der Waals surface area contributed by atoms with Crippen molar-refractivity contribution in [1.82, 2.24) is 4.98 Å². The second-order valence-corrected chi connectivity index (χ2v) is 8.54. The highest BCUT2D eigenvalue weighted by molar-refractivity contribution is 5.88. The Morgan fingerprint density at radius 2 is 1.59 bits per heavy atom. The fourth-order valence-electron chi connectivity index (χ4n) is 4.04. The van der Waals surface area contributed by atoms with E-state index >= 15 is 0 Å². The molecule has 1 aliphatic carbocycles. The first kappa shape index (κ1) is 21.6. The van der Waals surface area contributed by atoms with Crippen LogP contribution in [0, 0.1) is 0 Å². The Labute approximate surface area is 197 Å². The highest BCUT2D eigenvalue weighted by Gasteiger charge is 2.44. The Kier molecular flexibility index (Phi) is 5.72. The molecular formula is C28H24N2O4. The van der Waals surface area contributed by atoms with E-state index in [0.29, 0.717) is 11.6 Å². The molecule has 0 saturated heterocycles. The molecule has 34 heavy (non-hydrogen) atoms. The van der Waals surface area contributed by atoms with Gasteiger partial charge in [-0.1, -0.05) is 78.9 Å². The topological polar surface area (TPSA) is 81.4 Å². The standard InChI is InChI=1S/C28H24N2O4/c1-19(20-5-3-2-4-6-20)34-27(32)30-26-25(33-18-29-26)23-9-7-21(8-10-23)22-11-13-24(14-12-22)28(17-31)15-16-28/h2-14,17-19H,15-16H2,1H3,(H,30,32)/t19-/m1/s1. The van der Waals surface area contributed by atoms with Crippen molar-refractivity contribution in [3.63, 3.8) is 0 Å². The smallest absolute Gasteiger partial charge is 0.413 e. The first-order valence-electron chi connectivity index (χ1n) is 11.2. The maximum Gasteiger partial charge on any atom is 0.413 e. The molecular weight excluding hydrogens is 428 g/mol. The number of hydrogen-bond acceptors (Lipinski definition) is 5. The van der Waals surface area contributed by atoms with Crippen molar-refractivity contribution in [3.05, 3.63) is 96.4 Å². The number of benzene rings is 3. The van der Waals surface area contributed by atoms with Crippen LogP contribution in [-0.4, -0.2) is 17.4 Å². The lowest BCUT2D eigenvalue weighted by Crippen LogP contribution is -2.16. The van der Waals surface area contributed by atoms with Crippen LogP contribution >= 0.6 is 0 Å². The molecule has 1 aromatic heterocycles. The largest absolute Gasteiger partial charge is 0.441 e. The van der Waals surface area contributed by atoms with Crippen molar-refractivity contribution in [2.24, 2.45) is 0 Å². The van der Waals surface area contributed by atoms with Gasteiger partial charge in [0.15, 0.2) is 18.0 Å². The molecule has 6 nitrogen and oxygen atoms in total. The molecule has 3 aromatic carbocycles. The Morgan fingerprint density at radius 3 is 2.21 bits per heavy atom. The summed E-state index contributed by atoms with van der Waals surface area (Å²) in [5.41, 5.74) is 4.59. The minimum atomic E-state index is -0.605. The van der Waals surface area contributed by atoms with Crippen LogP contribution < -0.4 is 5.32 Å². The molecule has 170 valence electrons. The van der Waals surface area contributed by atoms with Gasteiger partial charge in [0.05, 0.1) is 5.41 Å². The van der Waals surface area contributed by atoms with Crippen LogP contribution in [0.1, 0.15) is 37.0 Å². The summed E-state index contributed by atoms with van der Waals surface area (Å²) in [4.78, 5) is 27.9. The van der Waals surface area contributed by atoms with Gasteiger partial charge in [-0.05, 0) is 42.0 Å². The van der Waals surface area contributed by atoms with E-state index in [1.807, 2.05) is 85.8 Å². The molecule has 1 amide bonds. The minimum Gasteiger partial charge on any atom is -0.441 e. The number of nitrogens with zero attached hydrogens (tertiary/aromatic N) is 1. The Hall–Kier alpha value is -4.19. The van der Waals surface area contributed by atoms with Crippen molar-refractivity contribution < 1.29 is 18.7 Å². The highest BCUT2D eigenvalue weighted by Crippen LogP contribution is 2.46. The first-order chi connectivity index (χ1) is 16.6. The van der Waals surface area contributed by atoms with E-state index in [9.17, 15) is 9.59 Å². The summed E-state index contributed by atoms with van der Waals surface area (Å²) < 4.78 is 11.0. The van der Waals surface area contributed by atoms with Gasteiger partial charge in [0.1, 0.15) is 12.4 Å². The fourth-order valence-corrected chi connectivity index (χ4v) is 4.04. The molecule has 1 atom stereocenters. The number of rotatable bonds is 7. The van der Waals surface area contributed by atoms with E-state index in [1.54, 1.807) is 0 Å². The molecule has 0 radical (unpaired) electrons. The van der Waals surface area contributed by atoms with Gasteiger partial charge in [-0.3, -0.25) is 5.32 Å². The van der Waals surface area contributed by atoms with E-state index in [-0.39, 0.29) is 5.41 Å². The third-order valence-electron chi connectivity index (χ3n) is 6.30. The van der Waals surface area contributed by atoms with Crippen molar-refractivity contribution in [2.45, 2.75) is 31.3 Å². The number of ether oxygens (including phenoxy) is 1. The zero-order valence-electron chi connectivity index (χ0n) is 18.7. The van der Waals surface area contributed by atoms with E-state index in [1.165, 1.54) is 6.39 Å². The Balaban J connectivity index is 1.27. The van der Waals surface area contributed by atoms with E-state index < -0.39 is 12.2 Å². The number of nitrogens with one attached hydrogen (secondary N) is 1. The molecule has 1 N–H and O–H groups in total. The predicted octanol–water partition coefficient (Wildman–Crippen LogP) is 6.55. The van der Waals surface area contributed by atoms with Gasteiger partial charge in [-0.15, -0.1) is 0 Å². The van der Waals surface area contributed by atoms with Crippen LogP contribution in [0.15, 0.2) is 89.7 Å². The van der Waals surface area contributed by atoms with Gasteiger partial charge in [-0.25, -0.2) is 4.79 Å². The maximum absolute atomic E-state index is 12.4. The van der Waals surface area contributed by atoms with Crippen LogP contribution in [-0.2, 0) is 14.9 Å². The van der Waals surface area contributed by atoms with Crippen LogP contribution in [0.2, 0.25) is 0 Å². The van der Waals surface area contributed by atoms with Gasteiger partial charge in [0.2, 0.25) is 0 Å². The van der Waals surface area contributed by atoms with Crippen molar-refractivity contribution in [3.8, 4) is 22.5 Å². The summed E-state index contributed by atoms with van der Waals surface area (Å²) in [5.74, 6) is 0.749. The second-order valence-electron chi connectivity index (χ2n) is 8.54. The molecule has 4 aromatic rings. The van der Waals surface area contributed by atoms with Gasteiger partial charge in [0.25, 0.3) is 0 Å². The average Bonchev–Trinajstić information content (AvgIpc) is 3.56. The minimum absolute atomic E-state index is 0.266. The lowest BCUT2D eigenvalue weighted by molar-refractivity contribution is -0.109. The van der Waals surface area contributed by atoms with Crippen LogP contribution in [0.5, 0.6) is 0 Å². The first-order valence-corrected chi connectivity index (χ1v) is 11.2. The monoisotopic (exact) mass is 452 g/mol. The van der Waals surface area contributed by atoms with E-state index in [4.69, 9.17) is 9.15 Å². The SMILES string of the molecule is C[C@@H](OC(=O)Nc1ncoc1-c1ccc(-c2ccc(C3(C=O)CC3)cc2)cc1)c1ccccc1. The maximum atomic E-state index is 12.4. The number of oxazole rings is 1. The number of amides is 1. The van der Waals surface area contributed by atoms with E-state index in [0.717, 1.165) is 46.9 Å². The molecule has 0 spiro atoms. The molecule has 1 fully saturated rings. The molecule has 1 saturated carbocycles. The van der Waals surface area contributed by atoms with Gasteiger partial charge < -0.3 is 13.9 Å². The Bertz CT molecular complexity index is 1290. The third-order valence-corrected chi connectivity index (χ3v) is 6.30. The normalized spacial score (nSPS) is 14.7. The number of hydrogen-bond donors (Lipinski definition) is 1. The molecule has 0 bridgehead atoms. The lowest BCUT2D eigenvalue weighted by Gasteiger charge is -2.13. The van der Waals surface area contributed by atoms with Gasteiger partial charge in [0, 0.05) is 5.56 Å². The lowest BCUT2D eigenvalue weighted by atomic mass is 9.95. The molecule has 6 heteroatoms. The molecule has 5 rings (SSSR count). The summed E-state index contributed by atoms with van der Waals surface area (Å²) in [6, 6.07) is 25.5. The zero-order chi connectivity index (χ0) is 23.5. The highest BCUT2D eigenvalue weighted by atomic mass is 16.6. The average molecular weight is 453 g/mol. The Morgan fingerprint density at radius 1 is 0.971 bits per heavy atom. The summed E-state index contributed by atoms with van der Waals surface area (Å²) in [6.07, 6.45) is 3.21.